The van der Waals surface area contributed by atoms with Crippen molar-refractivity contribution in [3.05, 3.63) is 18.1 Å². The molecule has 1 fully saturated rings. The molecule has 0 amide bonds. The van der Waals surface area contributed by atoms with Crippen LogP contribution in [0.3, 0.4) is 0 Å². The Labute approximate surface area is 164 Å². The minimum atomic E-state index is -0.618. The van der Waals surface area contributed by atoms with Gasteiger partial charge in [-0.2, -0.15) is 0 Å². The summed E-state index contributed by atoms with van der Waals surface area (Å²) in [6.45, 7) is 5.77. The first-order valence-electron chi connectivity index (χ1n) is 9.59. The van der Waals surface area contributed by atoms with Gasteiger partial charge in [0.2, 0.25) is 5.95 Å². The summed E-state index contributed by atoms with van der Waals surface area (Å²) < 4.78 is 4.80. The SMILES string of the molecule is COC(=O)c1nc(-c2cnc(NC(C)C)nc2)c(N2CCCCCC2)nc1N. The van der Waals surface area contributed by atoms with Crippen LogP contribution in [0.25, 0.3) is 11.3 Å². The van der Waals surface area contributed by atoms with Crippen LogP contribution >= 0.6 is 0 Å². The highest BCUT2D eigenvalue weighted by atomic mass is 16.5. The lowest BCUT2D eigenvalue weighted by atomic mass is 10.2. The molecule has 28 heavy (non-hydrogen) atoms. The van der Waals surface area contributed by atoms with Crippen molar-refractivity contribution >= 4 is 23.6 Å². The molecular formula is C19H27N7O2. The zero-order valence-corrected chi connectivity index (χ0v) is 16.6. The number of methoxy groups -OCH3 is 1. The number of nitrogen functional groups attached to an aromatic ring is 1. The Bertz CT molecular complexity index is 816. The van der Waals surface area contributed by atoms with Gasteiger partial charge in [-0.3, -0.25) is 0 Å². The monoisotopic (exact) mass is 385 g/mol. The van der Waals surface area contributed by atoms with E-state index in [0.717, 1.165) is 25.9 Å². The smallest absolute Gasteiger partial charge is 0.360 e. The Morgan fingerprint density at radius 3 is 2.36 bits per heavy atom. The molecule has 1 aliphatic rings. The van der Waals surface area contributed by atoms with Crippen LogP contribution in [0.5, 0.6) is 0 Å². The van der Waals surface area contributed by atoms with E-state index in [1.54, 1.807) is 12.4 Å². The van der Waals surface area contributed by atoms with Crippen molar-refractivity contribution in [2.45, 2.75) is 45.6 Å². The zero-order valence-electron chi connectivity index (χ0n) is 16.6. The highest BCUT2D eigenvalue weighted by Crippen LogP contribution is 2.30. The lowest BCUT2D eigenvalue weighted by molar-refractivity contribution is 0.0595. The minimum Gasteiger partial charge on any atom is -0.464 e. The minimum absolute atomic E-state index is 0.000420. The number of ether oxygens (including phenoxy) is 1. The zero-order chi connectivity index (χ0) is 20.1. The topological polar surface area (TPSA) is 119 Å². The molecule has 0 spiro atoms. The lowest BCUT2D eigenvalue weighted by Crippen LogP contribution is -2.27. The number of anilines is 3. The normalized spacial score (nSPS) is 14.6. The van der Waals surface area contributed by atoms with Crippen LogP contribution in [-0.4, -0.2) is 52.1 Å². The van der Waals surface area contributed by atoms with Crippen molar-refractivity contribution in [2.24, 2.45) is 0 Å². The molecule has 3 N–H and O–H groups in total. The molecular weight excluding hydrogens is 358 g/mol. The van der Waals surface area contributed by atoms with E-state index in [1.165, 1.54) is 20.0 Å². The summed E-state index contributed by atoms with van der Waals surface area (Å²) in [6, 6.07) is 0.223. The highest BCUT2D eigenvalue weighted by molar-refractivity contribution is 5.93. The predicted octanol–water partition coefficient (Wildman–Crippen LogP) is 2.50. The molecule has 0 saturated carbocycles. The number of carbonyl (C=O) groups is 1. The average Bonchev–Trinajstić information content (AvgIpc) is 2.97. The van der Waals surface area contributed by atoms with Crippen molar-refractivity contribution in [1.82, 2.24) is 19.9 Å². The quantitative estimate of drug-likeness (QED) is 0.748. The molecule has 3 rings (SSSR count). The van der Waals surface area contributed by atoms with Crippen LogP contribution in [0.15, 0.2) is 12.4 Å². The summed E-state index contributed by atoms with van der Waals surface area (Å²) in [5.74, 6) is 0.633. The number of esters is 1. The fourth-order valence-corrected chi connectivity index (χ4v) is 3.17. The van der Waals surface area contributed by atoms with Gasteiger partial charge >= 0.3 is 5.97 Å². The van der Waals surface area contributed by atoms with Gasteiger partial charge in [-0.1, -0.05) is 12.8 Å². The molecule has 0 aliphatic carbocycles. The van der Waals surface area contributed by atoms with Gasteiger partial charge in [0.1, 0.15) is 5.69 Å². The van der Waals surface area contributed by atoms with Crippen molar-refractivity contribution < 1.29 is 9.53 Å². The van der Waals surface area contributed by atoms with Gasteiger partial charge < -0.3 is 20.7 Å². The Kier molecular flexibility index (Phi) is 6.23. The largest absolute Gasteiger partial charge is 0.464 e. The van der Waals surface area contributed by atoms with Crippen molar-refractivity contribution in [3.63, 3.8) is 0 Å². The number of nitrogens with zero attached hydrogens (tertiary/aromatic N) is 5. The van der Waals surface area contributed by atoms with Crippen molar-refractivity contribution in [1.29, 1.82) is 0 Å². The summed E-state index contributed by atoms with van der Waals surface area (Å²) in [7, 11) is 1.29. The molecule has 2 aromatic heterocycles. The van der Waals surface area contributed by atoms with E-state index in [9.17, 15) is 4.79 Å². The second-order valence-corrected chi connectivity index (χ2v) is 7.12. The maximum absolute atomic E-state index is 12.1. The number of rotatable bonds is 5. The third-order valence-electron chi connectivity index (χ3n) is 4.53. The summed E-state index contributed by atoms with van der Waals surface area (Å²) >= 11 is 0. The Morgan fingerprint density at radius 2 is 1.79 bits per heavy atom. The van der Waals surface area contributed by atoms with E-state index in [1.807, 2.05) is 13.8 Å². The lowest BCUT2D eigenvalue weighted by Gasteiger charge is -2.24. The first-order chi connectivity index (χ1) is 13.5. The summed E-state index contributed by atoms with van der Waals surface area (Å²) in [5.41, 5.74) is 7.23. The van der Waals surface area contributed by atoms with Crippen LogP contribution in [0.2, 0.25) is 0 Å². The standard InChI is InChI=1S/C19H27N7O2/c1-12(2)23-19-21-10-13(11-22-19)14-17(26-8-6-4-5-7-9-26)25-16(20)15(24-14)18(27)28-3/h10-12H,4-9H2,1-3H3,(H2,20,25)(H,21,22,23). The van der Waals surface area contributed by atoms with Gasteiger partial charge in [-0.15, -0.1) is 0 Å². The van der Waals surface area contributed by atoms with E-state index < -0.39 is 5.97 Å². The Balaban J connectivity index is 2.06. The second kappa shape index (κ2) is 8.81. The number of aromatic nitrogens is 4. The van der Waals surface area contributed by atoms with Gasteiger partial charge in [0.15, 0.2) is 17.3 Å². The Morgan fingerprint density at radius 1 is 1.14 bits per heavy atom. The molecule has 9 heteroatoms. The third kappa shape index (κ3) is 4.47. The van der Waals surface area contributed by atoms with Crippen LogP contribution in [-0.2, 0) is 4.74 Å². The molecule has 0 radical (unpaired) electrons. The predicted molar refractivity (Wildman–Crippen MR) is 108 cm³/mol. The van der Waals surface area contributed by atoms with Crippen LogP contribution in [0, 0.1) is 0 Å². The molecule has 3 heterocycles. The fraction of sp³-hybridized carbons (Fsp3) is 0.526. The first-order valence-corrected chi connectivity index (χ1v) is 9.59. The molecule has 150 valence electrons. The number of nitrogens with two attached hydrogens (primary N) is 1. The molecule has 1 aliphatic heterocycles. The molecule has 0 bridgehead atoms. The second-order valence-electron chi connectivity index (χ2n) is 7.12. The third-order valence-corrected chi connectivity index (χ3v) is 4.53. The van der Waals surface area contributed by atoms with E-state index in [4.69, 9.17) is 10.5 Å². The van der Waals surface area contributed by atoms with E-state index in [0.29, 0.717) is 23.0 Å². The number of hydrogen-bond acceptors (Lipinski definition) is 9. The van der Waals surface area contributed by atoms with Crippen molar-refractivity contribution in [3.8, 4) is 11.3 Å². The van der Waals surface area contributed by atoms with Gasteiger partial charge in [0.25, 0.3) is 0 Å². The fourth-order valence-electron chi connectivity index (χ4n) is 3.17. The summed E-state index contributed by atoms with van der Waals surface area (Å²) in [5, 5.41) is 3.15. The van der Waals surface area contributed by atoms with E-state index in [2.05, 4.69) is 30.2 Å². The Hall–Kier alpha value is -2.97. The summed E-state index contributed by atoms with van der Waals surface area (Å²) in [6.07, 6.45) is 7.89. The van der Waals surface area contributed by atoms with E-state index in [-0.39, 0.29) is 17.6 Å². The van der Waals surface area contributed by atoms with Crippen LogP contribution < -0.4 is 16.0 Å². The first kappa shape index (κ1) is 19.8. The van der Waals surface area contributed by atoms with Crippen molar-refractivity contribution in [2.75, 3.05) is 36.1 Å². The number of nitrogens with one attached hydrogen (secondary N) is 1. The maximum atomic E-state index is 12.1. The van der Waals surface area contributed by atoms with Gasteiger partial charge in [0, 0.05) is 37.1 Å². The number of hydrogen-bond donors (Lipinski definition) is 2. The molecule has 0 aromatic carbocycles. The van der Waals surface area contributed by atoms with Crippen LogP contribution in [0.4, 0.5) is 17.6 Å². The molecule has 9 nitrogen and oxygen atoms in total. The number of carbonyl (C=O) groups excluding carboxylic acids is 1. The van der Waals surface area contributed by atoms with Crippen LogP contribution in [0.1, 0.15) is 50.0 Å². The van der Waals surface area contributed by atoms with Gasteiger partial charge in [-0.05, 0) is 26.7 Å². The van der Waals surface area contributed by atoms with E-state index >= 15 is 0 Å². The molecule has 1 saturated heterocycles. The summed E-state index contributed by atoms with van der Waals surface area (Å²) in [4.78, 5) is 32.0. The van der Waals surface area contributed by atoms with Gasteiger partial charge in [-0.25, -0.2) is 24.7 Å². The van der Waals surface area contributed by atoms with Gasteiger partial charge in [0.05, 0.1) is 7.11 Å². The highest BCUT2D eigenvalue weighted by Gasteiger charge is 2.23. The average molecular weight is 385 g/mol. The molecule has 0 atom stereocenters. The maximum Gasteiger partial charge on any atom is 0.360 e. The molecule has 0 unspecified atom stereocenters. The molecule has 2 aromatic rings.